The number of aromatic nitrogens is 3. The molecule has 0 bridgehead atoms. The van der Waals surface area contributed by atoms with Crippen LogP contribution in [0, 0.1) is 0 Å². The smallest absolute Gasteiger partial charge is 0.171 e. The number of carbonyl (C=O) groups is 1. The Morgan fingerprint density at radius 1 is 1.53 bits per heavy atom. The number of nitrogens with zero attached hydrogens (tertiary/aromatic N) is 3. The highest BCUT2D eigenvalue weighted by atomic mass is 35.5. The topological polar surface area (TPSA) is 47.8 Å². The SMILES string of the molecule is CC(C)n1nc(C=O)c2cnc(Cl)cc21. The number of hydrogen-bond donors (Lipinski definition) is 0. The van der Waals surface area contributed by atoms with Crippen LogP contribution in [0.4, 0.5) is 0 Å². The van der Waals surface area contributed by atoms with Crippen LogP contribution in [0.25, 0.3) is 10.9 Å². The summed E-state index contributed by atoms with van der Waals surface area (Å²) in [6.45, 7) is 3.99. The summed E-state index contributed by atoms with van der Waals surface area (Å²) in [5, 5.41) is 5.34. The van der Waals surface area contributed by atoms with Crippen molar-refractivity contribution in [3.63, 3.8) is 0 Å². The first-order valence-corrected chi connectivity index (χ1v) is 5.00. The molecule has 0 atom stereocenters. The first-order valence-electron chi connectivity index (χ1n) is 4.62. The summed E-state index contributed by atoms with van der Waals surface area (Å²) in [7, 11) is 0. The van der Waals surface area contributed by atoms with Gasteiger partial charge in [0.05, 0.1) is 5.52 Å². The molecule has 0 N–H and O–H groups in total. The summed E-state index contributed by atoms with van der Waals surface area (Å²) in [6.07, 6.45) is 2.31. The normalized spacial score (nSPS) is 11.2. The monoisotopic (exact) mass is 223 g/mol. The van der Waals surface area contributed by atoms with Crippen molar-refractivity contribution in [2.45, 2.75) is 19.9 Å². The Morgan fingerprint density at radius 2 is 2.27 bits per heavy atom. The fourth-order valence-electron chi connectivity index (χ4n) is 1.51. The number of halogens is 1. The largest absolute Gasteiger partial charge is 0.296 e. The minimum Gasteiger partial charge on any atom is -0.296 e. The summed E-state index contributed by atoms with van der Waals surface area (Å²) in [5.74, 6) is 0. The molecule has 2 aromatic rings. The molecule has 0 fully saturated rings. The Morgan fingerprint density at radius 3 is 2.87 bits per heavy atom. The number of pyridine rings is 1. The number of fused-ring (bicyclic) bond motifs is 1. The van der Waals surface area contributed by atoms with Gasteiger partial charge in [0.2, 0.25) is 0 Å². The van der Waals surface area contributed by atoms with E-state index in [4.69, 9.17) is 11.6 Å². The summed E-state index contributed by atoms with van der Waals surface area (Å²) in [4.78, 5) is 14.7. The molecule has 2 aromatic heterocycles. The predicted molar refractivity (Wildman–Crippen MR) is 58.3 cm³/mol. The van der Waals surface area contributed by atoms with E-state index in [9.17, 15) is 4.79 Å². The van der Waals surface area contributed by atoms with Gasteiger partial charge in [-0.25, -0.2) is 4.98 Å². The van der Waals surface area contributed by atoms with Crippen molar-refractivity contribution in [3.05, 3.63) is 23.1 Å². The second kappa shape index (κ2) is 3.62. The fourth-order valence-corrected chi connectivity index (χ4v) is 1.66. The Bertz CT molecular complexity index is 519. The summed E-state index contributed by atoms with van der Waals surface area (Å²) in [6, 6.07) is 1.90. The highest BCUT2D eigenvalue weighted by Crippen LogP contribution is 2.22. The second-order valence-corrected chi connectivity index (χ2v) is 3.95. The van der Waals surface area contributed by atoms with Crippen LogP contribution in [0.15, 0.2) is 12.3 Å². The van der Waals surface area contributed by atoms with Gasteiger partial charge in [0.1, 0.15) is 10.8 Å². The molecule has 0 unspecified atom stereocenters. The summed E-state index contributed by atoms with van der Waals surface area (Å²) in [5.41, 5.74) is 1.25. The fraction of sp³-hybridized carbons (Fsp3) is 0.300. The maximum Gasteiger partial charge on any atom is 0.171 e. The van der Waals surface area contributed by atoms with Gasteiger partial charge >= 0.3 is 0 Å². The van der Waals surface area contributed by atoms with Crippen molar-refractivity contribution in [1.82, 2.24) is 14.8 Å². The van der Waals surface area contributed by atoms with Gasteiger partial charge in [0.15, 0.2) is 6.29 Å². The van der Waals surface area contributed by atoms with E-state index in [1.54, 1.807) is 16.9 Å². The van der Waals surface area contributed by atoms with E-state index >= 15 is 0 Å². The quantitative estimate of drug-likeness (QED) is 0.581. The Hall–Kier alpha value is -1.42. The van der Waals surface area contributed by atoms with Gasteiger partial charge in [0.25, 0.3) is 0 Å². The molecule has 2 rings (SSSR count). The van der Waals surface area contributed by atoms with Crippen LogP contribution in [0.1, 0.15) is 30.4 Å². The third-order valence-electron chi connectivity index (χ3n) is 2.19. The molecule has 0 aliphatic rings. The maximum absolute atomic E-state index is 10.8. The zero-order chi connectivity index (χ0) is 11.0. The van der Waals surface area contributed by atoms with E-state index in [1.165, 1.54) is 0 Å². The summed E-state index contributed by atoms with van der Waals surface area (Å²) < 4.78 is 1.77. The van der Waals surface area contributed by atoms with E-state index in [0.29, 0.717) is 10.8 Å². The molecule has 4 nitrogen and oxygen atoms in total. The molecular weight excluding hydrogens is 214 g/mol. The van der Waals surface area contributed by atoms with Gasteiger partial charge in [-0.05, 0) is 13.8 Å². The third-order valence-corrected chi connectivity index (χ3v) is 2.39. The standard InChI is InChI=1S/C10H10ClN3O/c1-6(2)14-9-3-10(11)12-4-7(9)8(5-15)13-14/h3-6H,1-2H3. The van der Waals surface area contributed by atoms with Crippen molar-refractivity contribution < 1.29 is 4.79 Å². The number of aldehydes is 1. The molecule has 0 spiro atoms. The Labute approximate surface area is 91.9 Å². The molecule has 5 heteroatoms. The average molecular weight is 224 g/mol. The second-order valence-electron chi connectivity index (χ2n) is 3.57. The zero-order valence-corrected chi connectivity index (χ0v) is 9.19. The molecule has 15 heavy (non-hydrogen) atoms. The molecule has 0 saturated heterocycles. The van der Waals surface area contributed by atoms with E-state index in [1.807, 2.05) is 13.8 Å². The lowest BCUT2D eigenvalue weighted by Crippen LogP contribution is -2.02. The third kappa shape index (κ3) is 1.61. The minimum atomic E-state index is 0.180. The zero-order valence-electron chi connectivity index (χ0n) is 8.44. The number of hydrogen-bond acceptors (Lipinski definition) is 3. The molecule has 0 aromatic carbocycles. The Balaban J connectivity index is 2.81. The van der Waals surface area contributed by atoms with Crippen molar-refractivity contribution in [3.8, 4) is 0 Å². The van der Waals surface area contributed by atoms with E-state index < -0.39 is 0 Å². The minimum absolute atomic E-state index is 0.180. The van der Waals surface area contributed by atoms with Gasteiger partial charge in [-0.2, -0.15) is 5.10 Å². The molecule has 2 heterocycles. The van der Waals surface area contributed by atoms with Crippen molar-refractivity contribution >= 4 is 28.8 Å². The van der Waals surface area contributed by atoms with Crippen LogP contribution in [-0.2, 0) is 0 Å². The van der Waals surface area contributed by atoms with Crippen molar-refractivity contribution in [2.75, 3.05) is 0 Å². The van der Waals surface area contributed by atoms with Gasteiger partial charge in [0, 0.05) is 23.7 Å². The molecule has 0 aliphatic carbocycles. The molecule has 78 valence electrons. The van der Waals surface area contributed by atoms with Crippen molar-refractivity contribution in [1.29, 1.82) is 0 Å². The van der Waals surface area contributed by atoms with E-state index in [2.05, 4.69) is 10.1 Å². The van der Waals surface area contributed by atoms with Crippen molar-refractivity contribution in [2.24, 2.45) is 0 Å². The van der Waals surface area contributed by atoms with Gasteiger partial charge in [-0.15, -0.1) is 0 Å². The molecule has 0 saturated carbocycles. The van der Waals surface area contributed by atoms with Crippen LogP contribution < -0.4 is 0 Å². The number of rotatable bonds is 2. The van der Waals surface area contributed by atoms with Crippen LogP contribution >= 0.6 is 11.6 Å². The maximum atomic E-state index is 10.8. The predicted octanol–water partition coefficient (Wildman–Crippen LogP) is 2.48. The van der Waals surface area contributed by atoms with E-state index in [-0.39, 0.29) is 6.04 Å². The van der Waals surface area contributed by atoms with Crippen LogP contribution in [0.2, 0.25) is 5.15 Å². The van der Waals surface area contributed by atoms with Gasteiger partial charge in [-0.3, -0.25) is 9.48 Å². The highest BCUT2D eigenvalue weighted by Gasteiger charge is 2.12. The Kier molecular flexibility index (Phi) is 2.44. The highest BCUT2D eigenvalue weighted by molar-refractivity contribution is 6.30. The number of carbonyl (C=O) groups excluding carboxylic acids is 1. The van der Waals surface area contributed by atoms with Crippen LogP contribution in [-0.4, -0.2) is 21.1 Å². The average Bonchev–Trinajstić information content (AvgIpc) is 2.55. The lowest BCUT2D eigenvalue weighted by Gasteiger charge is -2.06. The van der Waals surface area contributed by atoms with Gasteiger partial charge in [-0.1, -0.05) is 11.6 Å². The molecule has 0 aliphatic heterocycles. The first kappa shape index (κ1) is 10.1. The first-order chi connectivity index (χ1) is 7.13. The van der Waals surface area contributed by atoms with Crippen LogP contribution in [0.5, 0.6) is 0 Å². The molecular formula is C10H10ClN3O. The van der Waals surface area contributed by atoms with Crippen LogP contribution in [0.3, 0.4) is 0 Å². The lowest BCUT2D eigenvalue weighted by molar-refractivity contribution is 0.111. The van der Waals surface area contributed by atoms with Gasteiger partial charge < -0.3 is 0 Å². The molecule has 0 amide bonds. The summed E-state index contributed by atoms with van der Waals surface area (Å²) >= 11 is 5.81. The molecule has 0 radical (unpaired) electrons. The lowest BCUT2D eigenvalue weighted by atomic mass is 10.2. The van der Waals surface area contributed by atoms with E-state index in [0.717, 1.165) is 17.2 Å².